The van der Waals surface area contributed by atoms with Gasteiger partial charge in [0.1, 0.15) is 0 Å². The van der Waals surface area contributed by atoms with Crippen LogP contribution in [-0.4, -0.2) is 6.85 Å². The lowest BCUT2D eigenvalue weighted by molar-refractivity contribution is 0.590. The molecule has 0 aromatic heterocycles. The second-order valence-corrected chi connectivity index (χ2v) is 21.3. The van der Waals surface area contributed by atoms with Gasteiger partial charge < -0.3 is 9.71 Å². The van der Waals surface area contributed by atoms with Gasteiger partial charge in [-0.25, -0.2) is 0 Å². The number of fused-ring (bicyclic) bond motifs is 10. The maximum atomic E-state index is 2.71. The van der Waals surface area contributed by atoms with Gasteiger partial charge in [0.15, 0.2) is 0 Å². The molecule has 0 unspecified atom stereocenters. The second kappa shape index (κ2) is 14.5. The van der Waals surface area contributed by atoms with E-state index in [9.17, 15) is 0 Å². The molecule has 1 aliphatic carbocycles. The molecule has 0 atom stereocenters. The zero-order valence-corrected chi connectivity index (χ0v) is 39.4. The van der Waals surface area contributed by atoms with Crippen molar-refractivity contribution in [1.29, 1.82) is 0 Å². The predicted molar refractivity (Wildman–Crippen MR) is 284 cm³/mol. The van der Waals surface area contributed by atoms with Gasteiger partial charge in [-0.3, -0.25) is 0 Å². The van der Waals surface area contributed by atoms with Crippen molar-refractivity contribution < 1.29 is 0 Å². The first-order chi connectivity index (χ1) is 31.8. The summed E-state index contributed by atoms with van der Waals surface area (Å²) in [5.41, 5.74) is 24.0. The molecule has 2 aliphatic heterocycles. The lowest BCUT2D eigenvalue weighted by Crippen LogP contribution is -2.63. The Labute approximate surface area is 391 Å². The minimum absolute atomic E-state index is 0.0189. The summed E-state index contributed by atoms with van der Waals surface area (Å²) in [6.45, 7) is 18.7. The standard InChI is InChI=1S/C63H55BN2/c1-61(2,3)44-28-31-46(32-29-44)66-56-38-42(40-19-11-9-12-20-40)27-33-49(56)52-37-43-23-15-16-24-47(43)60-58(52)64(66)59-55(36-34-50-48-25-17-18-26-53(48)63(7,8)57(50)59)65(60)54-35-30-45(62(4,5)6)39-51(54)41-21-13-10-14-22-41/h9-39H,1-8H3. The Morgan fingerprint density at radius 2 is 1.05 bits per heavy atom. The minimum atomic E-state index is -0.274. The SMILES string of the molecule is CC(C)(C)c1ccc(N2B3c4c(ccc5c4C(C)(C)c4ccccc4-5)N(c4ccc(C(C)(C)C)cc4-c4ccccc4)c4c3c(cc3ccccc43)-c3ccc(-c4ccccc4)cc32)cc1. The summed E-state index contributed by atoms with van der Waals surface area (Å²) in [6, 6.07) is 71.5. The molecule has 0 N–H and O–H groups in total. The second-order valence-electron chi connectivity index (χ2n) is 21.3. The van der Waals surface area contributed by atoms with E-state index in [4.69, 9.17) is 0 Å². The van der Waals surface area contributed by atoms with Crippen LogP contribution in [0.4, 0.5) is 28.4 Å². The highest BCUT2D eigenvalue weighted by atomic mass is 15.2. The van der Waals surface area contributed by atoms with Crippen LogP contribution in [-0.2, 0) is 16.2 Å². The Hall–Kier alpha value is -7.10. The first-order valence-electron chi connectivity index (χ1n) is 23.7. The third-order valence-corrected chi connectivity index (χ3v) is 14.9. The molecule has 12 rings (SSSR count). The Balaban J connectivity index is 1.26. The Kier molecular flexibility index (Phi) is 8.85. The van der Waals surface area contributed by atoms with Crippen molar-refractivity contribution in [3.63, 3.8) is 0 Å². The van der Waals surface area contributed by atoms with E-state index in [-0.39, 0.29) is 23.1 Å². The topological polar surface area (TPSA) is 6.48 Å². The number of hydrogen-bond acceptors (Lipinski definition) is 2. The van der Waals surface area contributed by atoms with Gasteiger partial charge >= 0.3 is 6.85 Å². The molecule has 3 heteroatoms. The van der Waals surface area contributed by atoms with Crippen molar-refractivity contribution in [1.82, 2.24) is 0 Å². The first-order valence-corrected chi connectivity index (χ1v) is 23.7. The van der Waals surface area contributed by atoms with Crippen LogP contribution in [0, 0.1) is 0 Å². The highest BCUT2D eigenvalue weighted by Crippen LogP contribution is 2.56. The molecule has 0 amide bonds. The van der Waals surface area contributed by atoms with Crippen LogP contribution < -0.4 is 20.6 Å². The predicted octanol–water partition coefficient (Wildman–Crippen LogP) is 15.8. The number of nitrogens with zero attached hydrogens (tertiary/aromatic N) is 2. The van der Waals surface area contributed by atoms with E-state index in [1.54, 1.807) is 0 Å². The lowest BCUT2D eigenvalue weighted by atomic mass is 9.41. The van der Waals surface area contributed by atoms with Crippen molar-refractivity contribution in [3.8, 4) is 44.5 Å². The van der Waals surface area contributed by atoms with Crippen molar-refractivity contribution in [2.45, 2.75) is 71.6 Å². The summed E-state index contributed by atoms with van der Waals surface area (Å²) in [6.07, 6.45) is 0. The zero-order chi connectivity index (χ0) is 45.3. The fraction of sp³-hybridized carbons (Fsp3) is 0.175. The molecule has 9 aromatic rings. The van der Waals surface area contributed by atoms with Crippen LogP contribution >= 0.6 is 0 Å². The molecule has 9 aromatic carbocycles. The van der Waals surface area contributed by atoms with E-state index in [2.05, 4.69) is 253 Å². The monoisotopic (exact) mass is 850 g/mol. The van der Waals surface area contributed by atoms with E-state index in [1.165, 1.54) is 117 Å². The number of benzene rings is 9. The van der Waals surface area contributed by atoms with E-state index in [1.807, 2.05) is 0 Å². The van der Waals surface area contributed by atoms with Crippen LogP contribution in [0.3, 0.4) is 0 Å². The van der Waals surface area contributed by atoms with Crippen LogP contribution in [0.2, 0.25) is 0 Å². The molecule has 2 nitrogen and oxygen atoms in total. The zero-order valence-electron chi connectivity index (χ0n) is 39.4. The van der Waals surface area contributed by atoms with E-state index < -0.39 is 0 Å². The summed E-state index contributed by atoms with van der Waals surface area (Å²) in [5, 5.41) is 2.49. The van der Waals surface area contributed by atoms with Gasteiger partial charge in [-0.1, -0.05) is 201 Å². The van der Waals surface area contributed by atoms with E-state index in [0.29, 0.717) is 0 Å². The largest absolute Gasteiger partial charge is 0.376 e. The normalized spacial score (nSPS) is 14.4. The van der Waals surface area contributed by atoms with Crippen LogP contribution in [0.25, 0.3) is 55.3 Å². The Bertz CT molecular complexity index is 3410. The molecule has 320 valence electrons. The molecule has 0 radical (unpaired) electrons. The summed E-state index contributed by atoms with van der Waals surface area (Å²) in [7, 11) is 0. The van der Waals surface area contributed by atoms with Crippen molar-refractivity contribution in [2.75, 3.05) is 9.71 Å². The number of anilines is 5. The molecule has 0 saturated carbocycles. The molecule has 3 aliphatic rings. The van der Waals surface area contributed by atoms with Crippen molar-refractivity contribution in [3.05, 3.63) is 210 Å². The van der Waals surface area contributed by atoms with Gasteiger partial charge in [-0.05, 0) is 125 Å². The molecule has 0 fully saturated rings. The molecule has 0 spiro atoms. The molecule has 2 heterocycles. The quantitative estimate of drug-likeness (QED) is 0.163. The third kappa shape index (κ3) is 6.02. The third-order valence-electron chi connectivity index (χ3n) is 14.9. The first kappa shape index (κ1) is 40.4. The van der Waals surface area contributed by atoms with Crippen LogP contribution in [0.15, 0.2) is 188 Å². The average Bonchev–Trinajstić information content (AvgIpc) is 3.56. The fourth-order valence-electron chi connectivity index (χ4n) is 11.6. The molecule has 0 saturated heterocycles. The summed E-state index contributed by atoms with van der Waals surface area (Å²) < 4.78 is 0. The van der Waals surface area contributed by atoms with E-state index >= 15 is 0 Å². The summed E-state index contributed by atoms with van der Waals surface area (Å²) >= 11 is 0. The highest BCUT2D eigenvalue weighted by Gasteiger charge is 2.51. The summed E-state index contributed by atoms with van der Waals surface area (Å²) in [4.78, 5) is 5.39. The average molecular weight is 851 g/mol. The number of rotatable bonds is 4. The van der Waals surface area contributed by atoms with Gasteiger partial charge in [-0.15, -0.1) is 0 Å². The maximum Gasteiger partial charge on any atom is 0.333 e. The van der Waals surface area contributed by atoms with Gasteiger partial charge in [0.2, 0.25) is 0 Å². The molecular formula is C63H55BN2. The maximum absolute atomic E-state index is 2.71. The molecule has 0 bridgehead atoms. The van der Waals surface area contributed by atoms with Crippen molar-refractivity contribution >= 4 is 57.0 Å². The minimum Gasteiger partial charge on any atom is -0.376 e. The van der Waals surface area contributed by atoms with Gasteiger partial charge in [0.05, 0.1) is 11.4 Å². The Morgan fingerprint density at radius 1 is 0.424 bits per heavy atom. The lowest BCUT2D eigenvalue weighted by Gasteiger charge is -2.48. The smallest absolute Gasteiger partial charge is 0.333 e. The van der Waals surface area contributed by atoms with Gasteiger partial charge in [0.25, 0.3) is 0 Å². The fourth-order valence-corrected chi connectivity index (χ4v) is 11.6. The number of hydrogen-bond donors (Lipinski definition) is 0. The van der Waals surface area contributed by atoms with Crippen LogP contribution in [0.5, 0.6) is 0 Å². The van der Waals surface area contributed by atoms with Gasteiger partial charge in [-0.2, -0.15) is 0 Å². The van der Waals surface area contributed by atoms with Crippen molar-refractivity contribution in [2.24, 2.45) is 0 Å². The molecular weight excluding hydrogens is 796 g/mol. The van der Waals surface area contributed by atoms with E-state index in [0.717, 1.165) is 0 Å². The molecule has 66 heavy (non-hydrogen) atoms. The van der Waals surface area contributed by atoms with Gasteiger partial charge in [0, 0.05) is 39.0 Å². The Morgan fingerprint density at radius 3 is 1.77 bits per heavy atom. The summed E-state index contributed by atoms with van der Waals surface area (Å²) in [5.74, 6) is 0. The van der Waals surface area contributed by atoms with Crippen LogP contribution in [0.1, 0.15) is 77.6 Å². The highest BCUT2D eigenvalue weighted by molar-refractivity contribution is 6.94.